The number of esters is 1. The number of thiazole rings is 1. The van der Waals surface area contributed by atoms with Gasteiger partial charge in [0.25, 0.3) is 0 Å². The maximum absolute atomic E-state index is 12.9. The Labute approximate surface area is 247 Å². The average Bonchev–Trinajstić information content (AvgIpc) is 3.45. The zero-order chi connectivity index (χ0) is 29.5. The zero-order valence-corrected chi connectivity index (χ0v) is 26.0. The van der Waals surface area contributed by atoms with Gasteiger partial charge in [-0.2, -0.15) is 0 Å². The lowest BCUT2D eigenvalue weighted by atomic mass is 9.53. The maximum Gasteiger partial charge on any atom is 0.325 e. The van der Waals surface area contributed by atoms with Crippen molar-refractivity contribution in [3.63, 3.8) is 0 Å². The van der Waals surface area contributed by atoms with E-state index in [1.165, 1.54) is 22.5 Å². The molecule has 0 bridgehead atoms. The van der Waals surface area contributed by atoms with Crippen LogP contribution in [0.5, 0.6) is 5.75 Å². The highest BCUT2D eigenvalue weighted by Gasteiger charge is 2.57. The first kappa shape index (κ1) is 29.7. The molecule has 1 heterocycles. The van der Waals surface area contributed by atoms with Crippen LogP contribution in [0.2, 0.25) is 0 Å². The summed E-state index contributed by atoms with van der Waals surface area (Å²) < 4.78 is 5.73. The van der Waals surface area contributed by atoms with E-state index in [-0.39, 0.29) is 23.3 Å². The van der Waals surface area contributed by atoms with Crippen LogP contribution < -0.4 is 15.8 Å². The predicted octanol–water partition coefficient (Wildman–Crippen LogP) is 6.12. The Morgan fingerprint density at radius 1 is 1.27 bits per heavy atom. The molecule has 3 aliphatic carbocycles. The van der Waals surface area contributed by atoms with Crippen LogP contribution >= 0.6 is 11.3 Å². The van der Waals surface area contributed by atoms with E-state index in [4.69, 9.17) is 15.3 Å². The van der Waals surface area contributed by atoms with E-state index < -0.39 is 5.97 Å². The van der Waals surface area contributed by atoms with Crippen molar-refractivity contribution in [1.29, 1.82) is 0 Å². The summed E-state index contributed by atoms with van der Waals surface area (Å²) in [6, 6.07) is 4.41. The number of fused-ring (bicyclic) bond motifs is 5. The molecule has 41 heavy (non-hydrogen) atoms. The van der Waals surface area contributed by atoms with Crippen LogP contribution in [0.1, 0.15) is 93.7 Å². The van der Waals surface area contributed by atoms with Crippen LogP contribution in [-0.4, -0.2) is 36.2 Å². The largest absolute Gasteiger partial charge is 0.425 e. The third-order valence-corrected chi connectivity index (χ3v) is 10.5. The fraction of sp³-hybridized carbons (Fsp3) is 0.625. The standard InChI is InChI=1S/C32H44N4O4S/c1-18-17-34-30(41-18)35-27(37)10-8-20-14-26(36-39-6)32(5)12-11-21-22(29(20)32)9-7-19-13-25(40-28(38)16-33)24(15-23(19)21)31(2,3)4/h13,15,17,20-22,29H,7-12,14,16,33H2,1-6H3,(H,34,35,37)/b36-26+/t20-,21?,22?,29?,32-/m1/s1. The second kappa shape index (κ2) is 11.5. The van der Waals surface area contributed by atoms with Gasteiger partial charge in [-0.25, -0.2) is 4.98 Å². The van der Waals surface area contributed by atoms with E-state index in [0.29, 0.717) is 41.0 Å². The van der Waals surface area contributed by atoms with Crippen molar-refractivity contribution in [3.05, 3.63) is 39.9 Å². The molecule has 5 atom stereocenters. The Balaban J connectivity index is 1.43. The maximum atomic E-state index is 12.9. The molecule has 3 N–H and O–H groups in total. The summed E-state index contributed by atoms with van der Waals surface area (Å²) in [5.74, 6) is 1.95. The summed E-state index contributed by atoms with van der Waals surface area (Å²) in [5.41, 5.74) is 10.2. The SMILES string of the molecule is CO/N=C1\C[C@@H](CCC(=O)Nc2ncc(C)s2)C2C3CCc4cc(OC(=O)CN)c(C(C)(C)C)cc4C3CC[C@]12C. The van der Waals surface area contributed by atoms with Crippen LogP contribution in [0.3, 0.4) is 0 Å². The number of ether oxygens (including phenoxy) is 1. The van der Waals surface area contributed by atoms with Gasteiger partial charge in [-0.15, -0.1) is 11.3 Å². The normalized spacial score (nSPS) is 28.0. The van der Waals surface area contributed by atoms with Gasteiger partial charge in [0.1, 0.15) is 12.9 Å². The van der Waals surface area contributed by atoms with Crippen molar-refractivity contribution in [2.45, 2.75) is 90.9 Å². The van der Waals surface area contributed by atoms with Gasteiger partial charge < -0.3 is 20.6 Å². The minimum absolute atomic E-state index is 0.0221. The summed E-state index contributed by atoms with van der Waals surface area (Å²) in [6.45, 7) is 10.7. The molecule has 0 aliphatic heterocycles. The summed E-state index contributed by atoms with van der Waals surface area (Å²) in [6.07, 6.45) is 8.06. The quantitative estimate of drug-likeness (QED) is 0.232. The minimum atomic E-state index is -0.412. The van der Waals surface area contributed by atoms with Crippen LogP contribution in [-0.2, 0) is 26.3 Å². The molecule has 5 rings (SSSR count). The number of carbonyl (C=O) groups is 2. The van der Waals surface area contributed by atoms with Crippen molar-refractivity contribution < 1.29 is 19.2 Å². The van der Waals surface area contributed by atoms with Gasteiger partial charge in [0.05, 0.1) is 12.3 Å². The third kappa shape index (κ3) is 5.80. The molecule has 8 nitrogen and oxygen atoms in total. The van der Waals surface area contributed by atoms with Crippen molar-refractivity contribution in [2.24, 2.45) is 34.1 Å². The van der Waals surface area contributed by atoms with E-state index in [2.05, 4.69) is 55.3 Å². The van der Waals surface area contributed by atoms with Gasteiger partial charge >= 0.3 is 5.97 Å². The summed E-state index contributed by atoms with van der Waals surface area (Å²) in [5, 5.41) is 8.20. The number of nitrogens with two attached hydrogens (primary N) is 1. The van der Waals surface area contributed by atoms with E-state index >= 15 is 0 Å². The summed E-state index contributed by atoms with van der Waals surface area (Å²) >= 11 is 1.50. The molecule has 0 spiro atoms. The van der Waals surface area contributed by atoms with Gasteiger partial charge in [-0.3, -0.25) is 9.59 Å². The van der Waals surface area contributed by atoms with Gasteiger partial charge in [0, 0.05) is 28.5 Å². The third-order valence-electron chi connectivity index (χ3n) is 9.71. The number of aryl methyl sites for hydroxylation is 2. The van der Waals surface area contributed by atoms with E-state index in [9.17, 15) is 9.59 Å². The molecule has 0 saturated heterocycles. The first-order chi connectivity index (χ1) is 19.4. The minimum Gasteiger partial charge on any atom is -0.425 e. The first-order valence-corrected chi connectivity index (χ1v) is 15.7. The van der Waals surface area contributed by atoms with Crippen molar-refractivity contribution in [2.75, 3.05) is 19.0 Å². The molecule has 3 unspecified atom stereocenters. The van der Waals surface area contributed by atoms with Crippen LogP contribution in [0.4, 0.5) is 5.13 Å². The number of amides is 1. The molecule has 1 amide bonds. The molecular weight excluding hydrogens is 536 g/mol. The number of carbonyl (C=O) groups excluding carboxylic acids is 2. The van der Waals surface area contributed by atoms with Crippen LogP contribution in [0.25, 0.3) is 0 Å². The van der Waals surface area contributed by atoms with Crippen molar-refractivity contribution in [3.8, 4) is 5.75 Å². The zero-order valence-electron chi connectivity index (χ0n) is 25.2. The molecule has 3 aliphatic rings. The van der Waals surface area contributed by atoms with E-state index in [0.717, 1.165) is 54.7 Å². The van der Waals surface area contributed by atoms with E-state index in [1.54, 1.807) is 13.3 Å². The Morgan fingerprint density at radius 2 is 2.05 bits per heavy atom. The van der Waals surface area contributed by atoms with Crippen LogP contribution in [0, 0.1) is 30.1 Å². The second-order valence-corrected chi connectivity index (χ2v) is 14.5. The average molecular weight is 581 g/mol. The number of benzene rings is 1. The number of anilines is 1. The number of nitrogens with one attached hydrogen (secondary N) is 1. The Morgan fingerprint density at radius 3 is 2.71 bits per heavy atom. The molecule has 1 aromatic carbocycles. The fourth-order valence-electron chi connectivity index (χ4n) is 7.94. The number of nitrogens with zero attached hydrogens (tertiary/aromatic N) is 2. The summed E-state index contributed by atoms with van der Waals surface area (Å²) in [7, 11) is 1.63. The molecule has 9 heteroatoms. The molecule has 2 fully saturated rings. The smallest absolute Gasteiger partial charge is 0.325 e. The molecule has 222 valence electrons. The molecule has 2 saturated carbocycles. The molecular formula is C32H44N4O4S. The Hall–Kier alpha value is -2.78. The number of oxime groups is 1. The number of aromatic nitrogens is 1. The first-order valence-electron chi connectivity index (χ1n) is 14.9. The summed E-state index contributed by atoms with van der Waals surface area (Å²) in [4.78, 5) is 35.8. The monoisotopic (exact) mass is 580 g/mol. The van der Waals surface area contributed by atoms with Gasteiger partial charge in [0.15, 0.2) is 5.13 Å². The number of hydrogen-bond donors (Lipinski definition) is 2. The highest BCUT2D eigenvalue weighted by Crippen LogP contribution is 2.63. The Kier molecular flexibility index (Phi) is 8.32. The lowest BCUT2D eigenvalue weighted by Gasteiger charge is -2.50. The van der Waals surface area contributed by atoms with Gasteiger partial charge in [-0.05, 0) is 91.7 Å². The topological polar surface area (TPSA) is 116 Å². The Bertz CT molecular complexity index is 1350. The second-order valence-electron chi connectivity index (χ2n) is 13.3. The van der Waals surface area contributed by atoms with Crippen molar-refractivity contribution in [1.82, 2.24) is 4.98 Å². The number of hydrogen-bond acceptors (Lipinski definition) is 8. The highest BCUT2D eigenvalue weighted by atomic mass is 32.1. The fourth-order valence-corrected chi connectivity index (χ4v) is 8.62. The lowest BCUT2D eigenvalue weighted by Crippen LogP contribution is -2.44. The van der Waals surface area contributed by atoms with Crippen LogP contribution in [0.15, 0.2) is 23.5 Å². The van der Waals surface area contributed by atoms with E-state index in [1.807, 2.05) is 6.92 Å². The molecule has 1 aromatic heterocycles. The van der Waals surface area contributed by atoms with Crippen molar-refractivity contribution >= 4 is 34.1 Å². The number of rotatable bonds is 7. The predicted molar refractivity (Wildman–Crippen MR) is 162 cm³/mol. The molecule has 2 aromatic rings. The van der Waals surface area contributed by atoms with Gasteiger partial charge in [-0.1, -0.05) is 38.9 Å². The molecule has 0 radical (unpaired) electrons. The highest BCUT2D eigenvalue weighted by molar-refractivity contribution is 7.15. The van der Waals surface area contributed by atoms with Gasteiger partial charge in [0.2, 0.25) is 5.91 Å². The lowest BCUT2D eigenvalue weighted by molar-refractivity contribution is -0.132.